The Morgan fingerprint density at radius 1 is 1.00 bits per heavy atom. The van der Waals surface area contributed by atoms with E-state index in [4.69, 9.17) is 0 Å². The molecule has 0 aromatic heterocycles. The van der Waals surface area contributed by atoms with Gasteiger partial charge in [-0.25, -0.2) is 23.8 Å². The van der Waals surface area contributed by atoms with E-state index < -0.39 is 0 Å². The molecule has 0 aromatic rings. The smallest absolute Gasteiger partial charge is 0.273 e. The van der Waals surface area contributed by atoms with E-state index in [2.05, 4.69) is 30.4 Å². The second-order valence-electron chi connectivity index (χ2n) is 4.22. The minimum absolute atomic E-state index is 0. The Balaban J connectivity index is 0. The van der Waals surface area contributed by atoms with Gasteiger partial charge < -0.3 is 0 Å². The summed E-state index contributed by atoms with van der Waals surface area (Å²) in [7, 11) is 0. The molecule has 18 heavy (non-hydrogen) atoms. The Labute approximate surface area is 128 Å². The second-order valence-corrected chi connectivity index (χ2v) is 4.22. The van der Waals surface area contributed by atoms with Crippen LogP contribution in [0.4, 0.5) is 9.41 Å². The predicted molar refractivity (Wildman–Crippen MR) is 69.0 cm³/mol. The van der Waals surface area contributed by atoms with Gasteiger partial charge in [-0.15, -0.1) is 12.8 Å². The maximum Gasteiger partial charge on any atom is 2.00 e. The Morgan fingerprint density at radius 3 is 2.11 bits per heavy atom. The van der Waals surface area contributed by atoms with Crippen molar-refractivity contribution in [3.05, 3.63) is 48.1 Å². The molecule has 0 saturated heterocycles. The molecule has 1 fully saturated rings. The molecule has 0 unspecified atom stereocenters. The van der Waals surface area contributed by atoms with E-state index in [0.717, 1.165) is 18.8 Å². The number of allylic oxidation sites excluding steroid dienone is 8. The van der Waals surface area contributed by atoms with Gasteiger partial charge in [0.15, 0.2) is 0 Å². The number of hydrogen-bond acceptors (Lipinski definition) is 0. The van der Waals surface area contributed by atoms with E-state index in [1.165, 1.54) is 31.3 Å². The normalized spacial score (nSPS) is 19.2. The van der Waals surface area contributed by atoms with Crippen molar-refractivity contribution in [1.29, 1.82) is 0 Å². The summed E-state index contributed by atoms with van der Waals surface area (Å²) in [6.07, 6.45) is 24.6. The van der Waals surface area contributed by atoms with E-state index in [-0.39, 0.29) is 35.6 Å². The summed E-state index contributed by atoms with van der Waals surface area (Å²) in [5.74, 6) is 0.874. The molecule has 0 heterocycles. The molecular formula is C15H20F2Zr. The van der Waals surface area contributed by atoms with Crippen LogP contribution in [0.15, 0.2) is 36.0 Å². The van der Waals surface area contributed by atoms with Crippen LogP contribution in [0.25, 0.3) is 0 Å². The van der Waals surface area contributed by atoms with Gasteiger partial charge in [0.1, 0.15) is 0 Å². The average molecular weight is 330 g/mol. The summed E-state index contributed by atoms with van der Waals surface area (Å²) in [4.78, 5) is 0. The molecule has 0 spiro atoms. The van der Waals surface area contributed by atoms with Gasteiger partial charge in [0.05, 0.1) is 0 Å². The third-order valence-corrected chi connectivity index (χ3v) is 3.10. The first-order valence-corrected chi connectivity index (χ1v) is 5.96. The number of hydrogen-bond donors (Lipinski definition) is 0. The van der Waals surface area contributed by atoms with Crippen LogP contribution in [-0.2, 0) is 26.2 Å². The zero-order valence-electron chi connectivity index (χ0n) is 10.5. The van der Waals surface area contributed by atoms with Crippen molar-refractivity contribution in [2.24, 2.45) is 5.92 Å². The Kier molecular flexibility index (Phi) is 13.1. The van der Waals surface area contributed by atoms with Crippen LogP contribution in [0.3, 0.4) is 0 Å². The number of rotatable bonds is 1. The van der Waals surface area contributed by atoms with Crippen LogP contribution in [0.2, 0.25) is 0 Å². The molecule has 3 rings (SSSR count). The summed E-state index contributed by atoms with van der Waals surface area (Å²) in [6.45, 7) is 0. The quantitative estimate of drug-likeness (QED) is 0.623. The van der Waals surface area contributed by atoms with Crippen LogP contribution < -0.4 is 0 Å². The third-order valence-electron chi connectivity index (χ3n) is 3.10. The minimum Gasteiger partial charge on any atom is -0.273 e. The van der Waals surface area contributed by atoms with Gasteiger partial charge in [0.2, 0.25) is 0 Å². The molecular weight excluding hydrogens is 309 g/mol. The van der Waals surface area contributed by atoms with Crippen molar-refractivity contribution in [2.45, 2.75) is 38.5 Å². The Morgan fingerprint density at radius 2 is 1.72 bits per heavy atom. The molecule has 3 heteroatoms. The Hall–Kier alpha value is -0.297. The van der Waals surface area contributed by atoms with Crippen molar-refractivity contribution in [2.75, 3.05) is 0 Å². The molecule has 0 aliphatic heterocycles. The molecule has 0 atom stereocenters. The Bertz CT molecular complexity index is 300. The van der Waals surface area contributed by atoms with Gasteiger partial charge in [0, 0.05) is 0 Å². The fraction of sp³-hybridized carbons (Fsp3) is 0.467. The topological polar surface area (TPSA) is 0 Å². The molecule has 0 radical (unpaired) electrons. The molecule has 0 bridgehead atoms. The second kappa shape index (κ2) is 11.8. The molecule has 0 nitrogen and oxygen atoms in total. The van der Waals surface area contributed by atoms with Crippen LogP contribution in [0, 0.1) is 18.1 Å². The number of halogens is 2. The van der Waals surface area contributed by atoms with Crippen molar-refractivity contribution in [1.82, 2.24) is 0 Å². The van der Waals surface area contributed by atoms with Crippen molar-refractivity contribution < 1.29 is 35.6 Å². The van der Waals surface area contributed by atoms with E-state index >= 15 is 0 Å². The monoisotopic (exact) mass is 328 g/mol. The SMILES string of the molecule is F.F.[C-]1=C(C2CCCC2)C=CC1.[C-]1=CC=CC1.[Zr+2]. The van der Waals surface area contributed by atoms with Gasteiger partial charge in [-0.05, 0) is 18.8 Å². The van der Waals surface area contributed by atoms with Gasteiger partial charge >= 0.3 is 26.2 Å². The van der Waals surface area contributed by atoms with Crippen molar-refractivity contribution in [3.63, 3.8) is 0 Å². The third kappa shape index (κ3) is 6.59. The largest absolute Gasteiger partial charge is 2.00 e. The fourth-order valence-corrected chi connectivity index (χ4v) is 2.28. The first-order valence-electron chi connectivity index (χ1n) is 5.96. The average Bonchev–Trinajstić information content (AvgIpc) is 3.06. The van der Waals surface area contributed by atoms with Crippen LogP contribution in [-0.4, -0.2) is 0 Å². The predicted octanol–water partition coefficient (Wildman–Crippen LogP) is 4.47. The summed E-state index contributed by atoms with van der Waals surface area (Å²) < 4.78 is 0. The zero-order valence-corrected chi connectivity index (χ0v) is 13.0. The summed E-state index contributed by atoms with van der Waals surface area (Å²) in [5, 5.41) is 0. The molecule has 0 amide bonds. The van der Waals surface area contributed by atoms with E-state index in [9.17, 15) is 0 Å². The maximum atomic E-state index is 3.40. The molecule has 0 aromatic carbocycles. The minimum atomic E-state index is 0. The van der Waals surface area contributed by atoms with Gasteiger partial charge in [-0.1, -0.05) is 12.8 Å². The first kappa shape index (κ1) is 20.0. The summed E-state index contributed by atoms with van der Waals surface area (Å²) in [5.41, 5.74) is 1.50. The van der Waals surface area contributed by atoms with Crippen molar-refractivity contribution >= 4 is 0 Å². The first-order chi connectivity index (χ1) is 7.47. The molecule has 98 valence electrons. The molecule has 1 saturated carbocycles. The van der Waals surface area contributed by atoms with Gasteiger partial charge in [0.25, 0.3) is 0 Å². The van der Waals surface area contributed by atoms with Crippen LogP contribution >= 0.6 is 0 Å². The molecule has 3 aliphatic carbocycles. The standard InChI is InChI=1S/C10H13.C5H5.2FH.Zr/c1-2-6-9(5-1)10-7-3-4-8-10;1-2-4-5-3-1;;;/h1,5,10H,2-4,7-8H2;1-3H,4H2;2*1H;/q2*-1;;;+2. The maximum absolute atomic E-state index is 3.40. The zero-order chi connectivity index (χ0) is 10.3. The summed E-state index contributed by atoms with van der Waals surface area (Å²) in [6, 6.07) is 0. The van der Waals surface area contributed by atoms with Crippen LogP contribution in [0.5, 0.6) is 0 Å². The van der Waals surface area contributed by atoms with Crippen molar-refractivity contribution in [3.8, 4) is 0 Å². The van der Waals surface area contributed by atoms with E-state index in [1.54, 1.807) is 0 Å². The van der Waals surface area contributed by atoms with Gasteiger partial charge in [-0.3, -0.25) is 21.6 Å². The fourth-order valence-electron chi connectivity index (χ4n) is 2.28. The van der Waals surface area contributed by atoms with E-state index in [1.807, 2.05) is 12.2 Å². The van der Waals surface area contributed by atoms with Crippen LogP contribution in [0.1, 0.15) is 38.5 Å². The molecule has 3 aliphatic rings. The summed E-state index contributed by atoms with van der Waals surface area (Å²) >= 11 is 0. The van der Waals surface area contributed by atoms with E-state index in [0.29, 0.717) is 0 Å². The molecule has 0 N–H and O–H groups in total. The van der Waals surface area contributed by atoms with Gasteiger partial charge in [-0.2, -0.15) is 12.2 Å².